The summed E-state index contributed by atoms with van der Waals surface area (Å²) >= 11 is 0. The van der Waals surface area contributed by atoms with E-state index in [1.165, 1.54) is 11.3 Å². The Morgan fingerprint density at radius 1 is 1.40 bits per heavy atom. The molecule has 2 N–H and O–H groups in total. The maximum absolute atomic E-state index is 9.17. The molecular weight excluding hydrogens is 322 g/mol. The Bertz CT molecular complexity index is 759. The Balaban J connectivity index is 1.50. The van der Waals surface area contributed by atoms with Gasteiger partial charge in [0.2, 0.25) is 12.5 Å². The number of nitrogens with zero attached hydrogens (tertiary/aromatic N) is 2. The molecule has 0 saturated heterocycles. The van der Waals surface area contributed by atoms with Gasteiger partial charge in [0.05, 0.1) is 26.5 Å². The molecule has 2 aromatic rings. The predicted molar refractivity (Wildman–Crippen MR) is 90.9 cm³/mol. The lowest BCUT2D eigenvalue weighted by molar-refractivity contribution is 0.171. The molecule has 1 aromatic heterocycles. The second kappa shape index (κ2) is 6.93. The third-order valence-corrected chi connectivity index (χ3v) is 4.85. The van der Waals surface area contributed by atoms with Gasteiger partial charge in [-0.2, -0.15) is 5.10 Å². The van der Waals surface area contributed by atoms with Crippen LogP contribution in [0.25, 0.3) is 0 Å². The van der Waals surface area contributed by atoms with Crippen LogP contribution >= 0.6 is 0 Å². The zero-order chi connectivity index (χ0) is 17.2. The summed E-state index contributed by atoms with van der Waals surface area (Å²) in [5, 5.41) is 17.2. The van der Waals surface area contributed by atoms with Gasteiger partial charge in [0.1, 0.15) is 0 Å². The van der Waals surface area contributed by atoms with Crippen LogP contribution < -0.4 is 19.5 Å². The first-order chi connectivity index (χ1) is 12.3. The molecule has 0 radical (unpaired) electrons. The summed E-state index contributed by atoms with van der Waals surface area (Å²) in [4.78, 5) is 0. The minimum absolute atomic E-state index is 0.114. The minimum atomic E-state index is 0.114. The second-order valence-corrected chi connectivity index (χ2v) is 6.35. The summed E-state index contributed by atoms with van der Waals surface area (Å²) in [6, 6.07) is 4.25. The van der Waals surface area contributed by atoms with Crippen molar-refractivity contribution in [2.45, 2.75) is 38.4 Å². The molecule has 0 unspecified atom stereocenters. The monoisotopic (exact) mass is 345 g/mol. The van der Waals surface area contributed by atoms with E-state index < -0.39 is 0 Å². The van der Waals surface area contributed by atoms with Crippen LogP contribution in [-0.2, 0) is 19.5 Å². The van der Waals surface area contributed by atoms with E-state index in [2.05, 4.69) is 10.4 Å². The van der Waals surface area contributed by atoms with Gasteiger partial charge in [-0.15, -0.1) is 0 Å². The van der Waals surface area contributed by atoms with E-state index in [-0.39, 0.29) is 19.4 Å². The number of nitrogens with one attached hydrogen (secondary N) is 1. The van der Waals surface area contributed by atoms with Crippen LogP contribution in [0.2, 0.25) is 0 Å². The van der Waals surface area contributed by atoms with Crippen LogP contribution in [0.15, 0.2) is 18.3 Å². The number of hydrogen-bond acceptors (Lipinski definition) is 6. The average molecular weight is 345 g/mol. The number of aromatic nitrogens is 2. The van der Waals surface area contributed by atoms with Gasteiger partial charge in [0, 0.05) is 23.8 Å². The van der Waals surface area contributed by atoms with Crippen LogP contribution in [0.1, 0.15) is 35.7 Å². The lowest BCUT2D eigenvalue weighted by Gasteiger charge is -2.24. The van der Waals surface area contributed by atoms with Gasteiger partial charge in [0.25, 0.3) is 0 Å². The molecule has 1 atom stereocenters. The number of ether oxygens (including phenoxy) is 3. The maximum Gasteiger partial charge on any atom is 0.231 e. The number of methoxy groups -OCH3 is 1. The van der Waals surface area contributed by atoms with Crippen molar-refractivity contribution in [3.63, 3.8) is 0 Å². The zero-order valence-electron chi connectivity index (χ0n) is 14.3. The highest BCUT2D eigenvalue weighted by atomic mass is 16.7. The molecule has 0 spiro atoms. The number of benzene rings is 1. The molecule has 2 heterocycles. The number of hydrogen-bond donors (Lipinski definition) is 2. The average Bonchev–Trinajstić information content (AvgIpc) is 3.27. The summed E-state index contributed by atoms with van der Waals surface area (Å²) in [6.45, 7) is 1.62. The lowest BCUT2D eigenvalue weighted by atomic mass is 9.92. The molecule has 1 aliphatic heterocycles. The molecule has 134 valence electrons. The van der Waals surface area contributed by atoms with Gasteiger partial charge in [-0.3, -0.25) is 4.68 Å². The van der Waals surface area contributed by atoms with E-state index in [0.717, 1.165) is 30.6 Å². The highest BCUT2D eigenvalue weighted by Crippen LogP contribution is 2.42. The Morgan fingerprint density at radius 2 is 2.32 bits per heavy atom. The van der Waals surface area contributed by atoms with Crippen molar-refractivity contribution in [3.05, 3.63) is 35.2 Å². The van der Waals surface area contributed by atoms with Gasteiger partial charge in [-0.25, -0.2) is 0 Å². The van der Waals surface area contributed by atoms with Crippen molar-refractivity contribution in [2.75, 3.05) is 20.5 Å². The molecule has 7 nitrogen and oxygen atoms in total. The fraction of sp³-hybridized carbons (Fsp3) is 0.500. The highest BCUT2D eigenvalue weighted by molar-refractivity contribution is 5.55. The number of aliphatic hydroxyl groups excluding tert-OH is 1. The standard InChI is InChI=1S/C18H23N3O4/c1-23-16-7-12(8-17-18(16)25-11-24-17)9-19-14-3-2-4-15-13(14)10-20-21(15)5-6-22/h7-8,10,14,19,22H,2-6,9,11H2,1H3/t14-/m0/s1. The number of fused-ring (bicyclic) bond motifs is 2. The van der Waals surface area contributed by atoms with Gasteiger partial charge in [-0.05, 0) is 37.0 Å². The lowest BCUT2D eigenvalue weighted by Crippen LogP contribution is -2.25. The van der Waals surface area contributed by atoms with Crippen LogP contribution in [0.4, 0.5) is 0 Å². The fourth-order valence-electron chi connectivity index (χ4n) is 3.65. The number of rotatable bonds is 6. The third-order valence-electron chi connectivity index (χ3n) is 4.85. The fourth-order valence-corrected chi connectivity index (χ4v) is 3.65. The second-order valence-electron chi connectivity index (χ2n) is 6.35. The molecule has 7 heteroatoms. The van der Waals surface area contributed by atoms with Crippen LogP contribution in [0.5, 0.6) is 17.2 Å². The summed E-state index contributed by atoms with van der Waals surface area (Å²) < 4.78 is 18.3. The summed E-state index contributed by atoms with van der Waals surface area (Å²) in [5.74, 6) is 2.11. The smallest absolute Gasteiger partial charge is 0.231 e. The third kappa shape index (κ3) is 3.05. The Hall–Kier alpha value is -2.25. The first kappa shape index (κ1) is 16.2. The first-order valence-electron chi connectivity index (χ1n) is 8.65. The molecule has 4 rings (SSSR count). The first-order valence-corrected chi connectivity index (χ1v) is 8.65. The van der Waals surface area contributed by atoms with E-state index in [1.807, 2.05) is 23.0 Å². The molecule has 0 fully saturated rings. The molecule has 1 aromatic carbocycles. The molecule has 0 saturated carbocycles. The van der Waals surface area contributed by atoms with Crippen molar-refractivity contribution in [1.82, 2.24) is 15.1 Å². The quantitative estimate of drug-likeness (QED) is 0.831. The molecule has 1 aliphatic carbocycles. The van der Waals surface area contributed by atoms with Crippen molar-refractivity contribution in [1.29, 1.82) is 0 Å². The topological polar surface area (TPSA) is 77.8 Å². The van der Waals surface area contributed by atoms with Crippen molar-refractivity contribution >= 4 is 0 Å². The van der Waals surface area contributed by atoms with E-state index >= 15 is 0 Å². The van der Waals surface area contributed by atoms with E-state index in [4.69, 9.17) is 14.2 Å². The SMILES string of the molecule is COc1cc(CN[C@H]2CCCc3c2cnn3CCO)cc2c1OCO2. The van der Waals surface area contributed by atoms with E-state index in [9.17, 15) is 5.11 Å². The Kier molecular flexibility index (Phi) is 4.50. The Labute approximate surface area is 146 Å². The van der Waals surface area contributed by atoms with Crippen molar-refractivity contribution < 1.29 is 19.3 Å². The summed E-state index contributed by atoms with van der Waals surface area (Å²) in [7, 11) is 1.64. The van der Waals surface area contributed by atoms with Crippen molar-refractivity contribution in [2.24, 2.45) is 0 Å². The molecule has 2 aliphatic rings. The van der Waals surface area contributed by atoms with E-state index in [0.29, 0.717) is 24.6 Å². The maximum atomic E-state index is 9.17. The summed E-state index contributed by atoms with van der Waals surface area (Å²) in [5.41, 5.74) is 3.57. The predicted octanol–water partition coefficient (Wildman–Crippen LogP) is 1.78. The Morgan fingerprint density at radius 3 is 3.16 bits per heavy atom. The minimum Gasteiger partial charge on any atom is -0.493 e. The molecule has 0 bridgehead atoms. The molecular formula is C18H23N3O4. The number of aliphatic hydroxyl groups is 1. The van der Waals surface area contributed by atoms with E-state index in [1.54, 1.807) is 7.11 Å². The largest absolute Gasteiger partial charge is 0.493 e. The summed E-state index contributed by atoms with van der Waals surface area (Å²) in [6.07, 6.45) is 5.15. The normalized spacial score (nSPS) is 18.2. The van der Waals surface area contributed by atoms with Crippen molar-refractivity contribution in [3.8, 4) is 17.2 Å². The van der Waals surface area contributed by atoms with Crippen LogP contribution in [-0.4, -0.2) is 35.4 Å². The zero-order valence-corrected chi connectivity index (χ0v) is 14.3. The molecule has 25 heavy (non-hydrogen) atoms. The van der Waals surface area contributed by atoms with Crippen LogP contribution in [0.3, 0.4) is 0 Å². The van der Waals surface area contributed by atoms with Crippen LogP contribution in [0, 0.1) is 0 Å². The van der Waals surface area contributed by atoms with Gasteiger partial charge >= 0.3 is 0 Å². The van der Waals surface area contributed by atoms with Gasteiger partial charge in [0.15, 0.2) is 11.5 Å². The molecule has 0 amide bonds. The van der Waals surface area contributed by atoms with Gasteiger partial charge in [-0.1, -0.05) is 0 Å². The highest BCUT2D eigenvalue weighted by Gasteiger charge is 2.25. The van der Waals surface area contributed by atoms with Gasteiger partial charge < -0.3 is 24.6 Å².